The molecule has 1 N–H and O–H groups in total. The summed E-state index contributed by atoms with van der Waals surface area (Å²) in [4.78, 5) is 0.402. The summed E-state index contributed by atoms with van der Waals surface area (Å²) in [5.41, 5.74) is 1.18. The Kier molecular flexibility index (Phi) is 5.15. The van der Waals surface area contributed by atoms with Crippen LogP contribution in [0.4, 0.5) is 0 Å². The summed E-state index contributed by atoms with van der Waals surface area (Å²) in [7, 11) is -3.35. The highest BCUT2D eigenvalue weighted by molar-refractivity contribution is 7.89. The lowest BCUT2D eigenvalue weighted by Crippen LogP contribution is -2.38. The molecule has 0 heterocycles. The average Bonchev–Trinajstić information content (AvgIpc) is 3.34. The van der Waals surface area contributed by atoms with Crippen molar-refractivity contribution in [2.75, 3.05) is 13.1 Å². The van der Waals surface area contributed by atoms with E-state index in [-0.39, 0.29) is 0 Å². The minimum Gasteiger partial charge on any atom is -0.310 e. The number of sulfonamides is 1. The van der Waals surface area contributed by atoms with Crippen molar-refractivity contribution in [2.45, 2.75) is 63.4 Å². The first-order valence-electron chi connectivity index (χ1n) is 10.4. The smallest absolute Gasteiger partial charge is 0.243 e. The van der Waals surface area contributed by atoms with Gasteiger partial charge >= 0.3 is 0 Å². The van der Waals surface area contributed by atoms with E-state index in [0.717, 1.165) is 30.2 Å². The standard InChI is InChI=1S/C21H32N2O2S/c1-3-23(4-2)26(24,25)17-10-8-15(9-11-17)14-22-21-13-16-12-20(21)19-7-5-6-18(16)19/h8-11,16,18-22H,3-7,12-14H2,1-2H3/t16-,18-,19-,20+,21-/m1/s1. The maximum Gasteiger partial charge on any atom is 0.243 e. The highest BCUT2D eigenvalue weighted by Crippen LogP contribution is 2.58. The highest BCUT2D eigenvalue weighted by atomic mass is 32.2. The zero-order valence-electron chi connectivity index (χ0n) is 16.0. The molecule has 0 aliphatic heterocycles. The maximum atomic E-state index is 12.6. The second-order valence-electron chi connectivity index (χ2n) is 8.37. The third-order valence-corrected chi connectivity index (χ3v) is 9.33. The summed E-state index contributed by atoms with van der Waals surface area (Å²) < 4.78 is 26.7. The van der Waals surface area contributed by atoms with Crippen LogP contribution in [0.25, 0.3) is 0 Å². The van der Waals surface area contributed by atoms with Crippen molar-refractivity contribution in [3.63, 3.8) is 0 Å². The number of hydrogen-bond donors (Lipinski definition) is 1. The first-order chi connectivity index (χ1) is 12.5. The van der Waals surface area contributed by atoms with Crippen molar-refractivity contribution < 1.29 is 8.42 Å². The predicted octanol–water partition coefficient (Wildman–Crippen LogP) is 3.63. The summed E-state index contributed by atoms with van der Waals surface area (Å²) in [6.07, 6.45) is 7.15. The quantitative estimate of drug-likeness (QED) is 0.790. The van der Waals surface area contributed by atoms with Gasteiger partial charge in [-0.2, -0.15) is 4.31 Å². The van der Waals surface area contributed by atoms with Gasteiger partial charge in [-0.3, -0.25) is 0 Å². The second-order valence-corrected chi connectivity index (χ2v) is 10.3. The van der Waals surface area contributed by atoms with E-state index in [2.05, 4.69) is 5.32 Å². The lowest BCUT2D eigenvalue weighted by Gasteiger charge is -2.32. The van der Waals surface area contributed by atoms with E-state index in [1.807, 2.05) is 26.0 Å². The molecule has 26 heavy (non-hydrogen) atoms. The lowest BCUT2D eigenvalue weighted by atomic mass is 9.79. The predicted molar refractivity (Wildman–Crippen MR) is 104 cm³/mol. The molecule has 0 aromatic heterocycles. The van der Waals surface area contributed by atoms with Crippen LogP contribution in [-0.4, -0.2) is 31.9 Å². The number of nitrogens with zero attached hydrogens (tertiary/aromatic N) is 1. The van der Waals surface area contributed by atoms with Crippen molar-refractivity contribution in [3.05, 3.63) is 29.8 Å². The molecule has 3 saturated carbocycles. The summed E-state index contributed by atoms with van der Waals surface area (Å²) in [5.74, 6) is 3.86. The molecule has 0 unspecified atom stereocenters. The Hall–Kier alpha value is -0.910. The van der Waals surface area contributed by atoms with E-state index in [4.69, 9.17) is 0 Å². The Labute approximate surface area is 158 Å². The van der Waals surface area contributed by atoms with E-state index in [1.165, 1.54) is 42.0 Å². The third-order valence-electron chi connectivity index (χ3n) is 7.26. The third kappa shape index (κ3) is 3.12. The molecule has 1 aromatic rings. The van der Waals surface area contributed by atoms with Gasteiger partial charge in [0.1, 0.15) is 0 Å². The van der Waals surface area contributed by atoms with Gasteiger partial charge in [-0.25, -0.2) is 8.42 Å². The Morgan fingerprint density at radius 1 is 1.00 bits per heavy atom. The van der Waals surface area contributed by atoms with Gasteiger partial charge in [0.05, 0.1) is 4.90 Å². The van der Waals surface area contributed by atoms with Crippen LogP contribution in [0, 0.1) is 23.7 Å². The lowest BCUT2D eigenvalue weighted by molar-refractivity contribution is 0.208. The second kappa shape index (κ2) is 7.25. The number of hydrogen-bond acceptors (Lipinski definition) is 3. The molecule has 4 rings (SSSR count). The Morgan fingerprint density at radius 3 is 2.38 bits per heavy atom. The van der Waals surface area contributed by atoms with Crippen LogP contribution >= 0.6 is 0 Å². The first-order valence-corrected chi connectivity index (χ1v) is 11.8. The normalized spacial score (nSPS) is 33.1. The molecule has 3 aliphatic rings. The number of fused-ring (bicyclic) bond motifs is 5. The van der Waals surface area contributed by atoms with Gasteiger partial charge in [-0.1, -0.05) is 32.4 Å². The van der Waals surface area contributed by atoms with Crippen molar-refractivity contribution in [1.82, 2.24) is 9.62 Å². The Bertz CT molecular complexity index is 727. The first kappa shape index (κ1) is 18.5. The molecule has 5 atom stereocenters. The van der Waals surface area contributed by atoms with Crippen LogP contribution in [0.15, 0.2) is 29.2 Å². The topological polar surface area (TPSA) is 49.4 Å². The van der Waals surface area contributed by atoms with Crippen LogP contribution in [0.2, 0.25) is 0 Å². The van der Waals surface area contributed by atoms with E-state index < -0.39 is 10.0 Å². The summed E-state index contributed by atoms with van der Waals surface area (Å²) >= 11 is 0. The van der Waals surface area contributed by atoms with Gasteiger partial charge in [0.2, 0.25) is 10.0 Å². The van der Waals surface area contributed by atoms with E-state index in [1.54, 1.807) is 12.1 Å². The molecule has 4 nitrogen and oxygen atoms in total. The van der Waals surface area contributed by atoms with Crippen LogP contribution in [0.5, 0.6) is 0 Å². The molecule has 0 spiro atoms. The molecule has 3 fully saturated rings. The summed E-state index contributed by atoms with van der Waals surface area (Å²) in [6, 6.07) is 8.12. The van der Waals surface area contributed by atoms with Crippen LogP contribution < -0.4 is 5.32 Å². The minimum absolute atomic E-state index is 0.402. The number of nitrogens with one attached hydrogen (secondary N) is 1. The average molecular weight is 377 g/mol. The van der Waals surface area contributed by atoms with Gasteiger partial charge in [-0.05, 0) is 67.1 Å². The van der Waals surface area contributed by atoms with Crippen molar-refractivity contribution in [2.24, 2.45) is 23.7 Å². The van der Waals surface area contributed by atoms with Crippen molar-refractivity contribution in [3.8, 4) is 0 Å². The van der Waals surface area contributed by atoms with Gasteiger partial charge in [0.25, 0.3) is 0 Å². The number of benzene rings is 1. The molecule has 0 saturated heterocycles. The van der Waals surface area contributed by atoms with Gasteiger partial charge in [0, 0.05) is 25.7 Å². The monoisotopic (exact) mass is 376 g/mol. The molecular weight excluding hydrogens is 344 g/mol. The Morgan fingerprint density at radius 2 is 1.69 bits per heavy atom. The maximum absolute atomic E-state index is 12.6. The van der Waals surface area contributed by atoms with Gasteiger partial charge in [-0.15, -0.1) is 0 Å². The summed E-state index contributed by atoms with van der Waals surface area (Å²) in [5, 5.41) is 3.79. The van der Waals surface area contributed by atoms with Crippen molar-refractivity contribution in [1.29, 1.82) is 0 Å². The largest absolute Gasteiger partial charge is 0.310 e. The fourth-order valence-corrected chi connectivity index (χ4v) is 7.50. The van der Waals surface area contributed by atoms with Crippen LogP contribution in [0.3, 0.4) is 0 Å². The SMILES string of the molecule is CCN(CC)S(=O)(=O)c1ccc(CN[C@@H]2C[C@H]3C[C@H]2[C@@H]2CCC[C@H]32)cc1. The van der Waals surface area contributed by atoms with E-state index >= 15 is 0 Å². The van der Waals surface area contributed by atoms with Crippen molar-refractivity contribution >= 4 is 10.0 Å². The molecule has 0 amide bonds. The molecule has 144 valence electrons. The zero-order chi connectivity index (χ0) is 18.3. The fraction of sp³-hybridized carbons (Fsp3) is 0.714. The molecular formula is C21H32N2O2S. The Balaban J connectivity index is 1.37. The molecule has 3 aliphatic carbocycles. The van der Waals surface area contributed by atoms with E-state index in [0.29, 0.717) is 24.0 Å². The fourth-order valence-electron chi connectivity index (χ4n) is 6.04. The van der Waals surface area contributed by atoms with Gasteiger partial charge < -0.3 is 5.32 Å². The minimum atomic E-state index is -3.35. The molecule has 5 heteroatoms. The van der Waals surface area contributed by atoms with Crippen LogP contribution in [-0.2, 0) is 16.6 Å². The van der Waals surface area contributed by atoms with Crippen LogP contribution in [0.1, 0.15) is 51.5 Å². The summed E-state index contributed by atoms with van der Waals surface area (Å²) in [6.45, 7) is 5.62. The molecule has 2 bridgehead atoms. The molecule has 0 radical (unpaired) electrons. The van der Waals surface area contributed by atoms with E-state index in [9.17, 15) is 8.42 Å². The number of rotatable bonds is 7. The zero-order valence-corrected chi connectivity index (χ0v) is 16.8. The highest BCUT2D eigenvalue weighted by Gasteiger charge is 2.53. The van der Waals surface area contributed by atoms with Gasteiger partial charge in [0.15, 0.2) is 0 Å². The molecule has 1 aromatic carbocycles.